The van der Waals surface area contributed by atoms with Crippen molar-refractivity contribution in [3.05, 3.63) is 36.4 Å². The van der Waals surface area contributed by atoms with E-state index in [1.54, 1.807) is 10.7 Å². The van der Waals surface area contributed by atoms with Crippen LogP contribution in [0.3, 0.4) is 0 Å². The Morgan fingerprint density at radius 2 is 1.21 bits per heavy atom. The Bertz CT molecular complexity index is 718. The third-order valence-electron chi connectivity index (χ3n) is 6.32. The fourth-order valence-electron chi connectivity index (χ4n) is 5.03. The molecule has 0 spiro atoms. The molecule has 128 valence electrons. The SMILES string of the molecule is CC1CCC(C)P1c1ccc2ccccc2c1P1C(C)CCC1C. The summed E-state index contributed by atoms with van der Waals surface area (Å²) in [5.41, 5.74) is 3.58. The van der Waals surface area contributed by atoms with Crippen LogP contribution < -0.4 is 10.6 Å². The average Bonchev–Trinajstić information content (AvgIpc) is 3.08. The first-order valence-electron chi connectivity index (χ1n) is 9.66. The molecule has 0 radical (unpaired) electrons. The molecule has 0 aromatic heterocycles. The van der Waals surface area contributed by atoms with Gasteiger partial charge in [-0.15, -0.1) is 0 Å². The molecule has 2 heterocycles. The maximum Gasteiger partial charge on any atom is -0.00803 e. The second kappa shape index (κ2) is 6.70. The summed E-state index contributed by atoms with van der Waals surface area (Å²) in [6.07, 6.45) is 5.72. The minimum Gasteiger partial charge on any atom is -0.0688 e. The summed E-state index contributed by atoms with van der Waals surface area (Å²) in [6, 6.07) is 14.1. The van der Waals surface area contributed by atoms with Gasteiger partial charge in [-0.1, -0.05) is 79.9 Å². The molecule has 0 N–H and O–H groups in total. The lowest BCUT2D eigenvalue weighted by molar-refractivity contribution is 0.777. The van der Waals surface area contributed by atoms with Gasteiger partial charge in [0.2, 0.25) is 0 Å². The summed E-state index contributed by atoms with van der Waals surface area (Å²) in [5.74, 6) is 0. The van der Waals surface area contributed by atoms with Crippen molar-refractivity contribution in [3.63, 3.8) is 0 Å². The first-order chi connectivity index (χ1) is 11.6. The fourth-order valence-corrected chi connectivity index (χ4v) is 12.4. The van der Waals surface area contributed by atoms with Crippen LogP contribution in [-0.4, -0.2) is 22.6 Å². The summed E-state index contributed by atoms with van der Waals surface area (Å²) in [6.45, 7) is 10.1. The zero-order chi connectivity index (χ0) is 16.8. The Labute approximate surface area is 149 Å². The molecule has 0 amide bonds. The van der Waals surface area contributed by atoms with E-state index in [1.165, 1.54) is 31.1 Å². The zero-order valence-corrected chi connectivity index (χ0v) is 17.3. The molecule has 2 aliphatic rings. The highest BCUT2D eigenvalue weighted by Gasteiger charge is 2.38. The van der Waals surface area contributed by atoms with Crippen molar-refractivity contribution in [2.45, 2.75) is 76.0 Å². The third-order valence-corrected chi connectivity index (χ3v) is 13.3. The zero-order valence-electron chi connectivity index (χ0n) is 15.5. The predicted molar refractivity (Wildman–Crippen MR) is 113 cm³/mol. The highest BCUT2D eigenvalue weighted by Crippen LogP contribution is 2.59. The Kier molecular flexibility index (Phi) is 4.75. The molecule has 0 saturated carbocycles. The molecule has 4 unspecified atom stereocenters. The Morgan fingerprint density at radius 3 is 1.83 bits per heavy atom. The Hall–Kier alpha value is -0.440. The number of fused-ring (bicyclic) bond motifs is 1. The number of hydrogen-bond acceptors (Lipinski definition) is 0. The first-order valence-corrected chi connectivity index (χ1v) is 12.6. The number of rotatable bonds is 2. The first kappa shape index (κ1) is 17.0. The smallest absolute Gasteiger partial charge is 0.00803 e. The molecule has 2 aromatic rings. The molecule has 2 heteroatoms. The molecular weight excluding hydrogens is 326 g/mol. The quantitative estimate of drug-likeness (QED) is 0.562. The molecule has 4 rings (SSSR count). The normalized spacial score (nSPS) is 36.5. The molecule has 0 bridgehead atoms. The van der Waals surface area contributed by atoms with Gasteiger partial charge < -0.3 is 0 Å². The van der Waals surface area contributed by atoms with Crippen LogP contribution in [-0.2, 0) is 0 Å². The van der Waals surface area contributed by atoms with E-state index < -0.39 is 0 Å². The van der Waals surface area contributed by atoms with Gasteiger partial charge in [-0.05, 0) is 69.7 Å². The van der Waals surface area contributed by atoms with Gasteiger partial charge in [0.05, 0.1) is 0 Å². The standard InChI is InChI=1S/C22H30P2/c1-15-9-10-16(2)23(15)21-14-13-19-7-5-6-8-20(19)22(21)24-17(3)11-12-18(24)4/h5-8,13-18H,9-12H2,1-4H3. The van der Waals surface area contributed by atoms with Crippen LogP contribution >= 0.6 is 15.8 Å². The summed E-state index contributed by atoms with van der Waals surface area (Å²) in [4.78, 5) is 0. The van der Waals surface area contributed by atoms with Gasteiger partial charge in [0.1, 0.15) is 0 Å². The number of benzene rings is 2. The van der Waals surface area contributed by atoms with Crippen molar-refractivity contribution in [2.75, 3.05) is 0 Å². The average molecular weight is 356 g/mol. The van der Waals surface area contributed by atoms with Crippen LogP contribution in [0.25, 0.3) is 10.8 Å². The van der Waals surface area contributed by atoms with Gasteiger partial charge in [-0.3, -0.25) is 0 Å². The van der Waals surface area contributed by atoms with Crippen molar-refractivity contribution in [3.8, 4) is 0 Å². The van der Waals surface area contributed by atoms with Crippen LogP contribution in [0.4, 0.5) is 0 Å². The van der Waals surface area contributed by atoms with Crippen LogP contribution in [0.15, 0.2) is 36.4 Å². The van der Waals surface area contributed by atoms with Gasteiger partial charge in [-0.25, -0.2) is 0 Å². The Morgan fingerprint density at radius 1 is 0.667 bits per heavy atom. The molecule has 0 aliphatic carbocycles. The van der Waals surface area contributed by atoms with Crippen molar-refractivity contribution in [1.29, 1.82) is 0 Å². The van der Waals surface area contributed by atoms with E-state index in [4.69, 9.17) is 0 Å². The topological polar surface area (TPSA) is 0 Å². The molecule has 2 saturated heterocycles. The van der Waals surface area contributed by atoms with Crippen LogP contribution in [0.2, 0.25) is 0 Å². The van der Waals surface area contributed by atoms with Crippen LogP contribution in [0.5, 0.6) is 0 Å². The van der Waals surface area contributed by atoms with E-state index in [1.807, 2.05) is 5.30 Å². The van der Waals surface area contributed by atoms with Gasteiger partial charge in [0.15, 0.2) is 0 Å². The fraction of sp³-hybridized carbons (Fsp3) is 0.545. The van der Waals surface area contributed by atoms with Gasteiger partial charge in [-0.2, -0.15) is 0 Å². The molecule has 4 atom stereocenters. The molecular formula is C22H30P2. The second-order valence-electron chi connectivity index (χ2n) is 8.02. The van der Waals surface area contributed by atoms with Crippen LogP contribution in [0.1, 0.15) is 53.4 Å². The van der Waals surface area contributed by atoms with Crippen molar-refractivity contribution in [1.82, 2.24) is 0 Å². The van der Waals surface area contributed by atoms with Crippen molar-refractivity contribution < 1.29 is 0 Å². The lowest BCUT2D eigenvalue weighted by atomic mass is 10.1. The highest BCUT2D eigenvalue weighted by atomic mass is 31.1. The Balaban J connectivity index is 1.95. The largest absolute Gasteiger partial charge is 0.0688 e. The van der Waals surface area contributed by atoms with E-state index >= 15 is 0 Å². The second-order valence-corrected chi connectivity index (χ2v) is 14.1. The molecule has 24 heavy (non-hydrogen) atoms. The molecule has 0 nitrogen and oxygen atoms in total. The summed E-state index contributed by atoms with van der Waals surface area (Å²) in [7, 11) is -0.0159. The summed E-state index contributed by atoms with van der Waals surface area (Å²) in [5, 5.41) is 6.63. The third kappa shape index (κ3) is 2.75. The van der Waals surface area contributed by atoms with Crippen LogP contribution in [0, 0.1) is 0 Å². The van der Waals surface area contributed by atoms with E-state index in [0.29, 0.717) is 0 Å². The van der Waals surface area contributed by atoms with E-state index in [0.717, 1.165) is 22.6 Å². The maximum absolute atomic E-state index is 2.54. The van der Waals surface area contributed by atoms with Crippen molar-refractivity contribution in [2.24, 2.45) is 0 Å². The maximum atomic E-state index is 2.54. The van der Waals surface area contributed by atoms with Gasteiger partial charge in [0, 0.05) is 0 Å². The minimum atomic E-state index is -0.0213. The predicted octanol–water partition coefficient (Wildman–Crippen LogP) is 6.20. The number of hydrogen-bond donors (Lipinski definition) is 0. The van der Waals surface area contributed by atoms with E-state index in [9.17, 15) is 0 Å². The van der Waals surface area contributed by atoms with E-state index in [2.05, 4.69) is 64.1 Å². The molecule has 2 aliphatic heterocycles. The van der Waals surface area contributed by atoms with Gasteiger partial charge in [0.25, 0.3) is 0 Å². The highest BCUT2D eigenvalue weighted by molar-refractivity contribution is 7.74. The molecule has 2 aromatic carbocycles. The molecule has 2 fully saturated rings. The lowest BCUT2D eigenvalue weighted by Gasteiger charge is -2.31. The van der Waals surface area contributed by atoms with Gasteiger partial charge >= 0.3 is 0 Å². The van der Waals surface area contributed by atoms with Crippen molar-refractivity contribution >= 4 is 37.2 Å². The summed E-state index contributed by atoms with van der Waals surface area (Å²) < 4.78 is 0. The monoisotopic (exact) mass is 356 g/mol. The lowest BCUT2D eigenvalue weighted by Crippen LogP contribution is -2.29. The summed E-state index contributed by atoms with van der Waals surface area (Å²) >= 11 is 0. The minimum absolute atomic E-state index is 0.00533. The van der Waals surface area contributed by atoms with E-state index in [-0.39, 0.29) is 15.8 Å².